The molecule has 1 heterocycles. The van der Waals surface area contributed by atoms with Crippen molar-refractivity contribution < 1.29 is 35.2 Å². The van der Waals surface area contributed by atoms with Crippen molar-refractivity contribution in [3.8, 4) is 0 Å². The molecule has 0 aliphatic rings. The average Bonchev–Trinajstić information content (AvgIpc) is 2.71. The summed E-state index contributed by atoms with van der Waals surface area (Å²) in [6.45, 7) is 0. The van der Waals surface area contributed by atoms with Crippen LogP contribution in [0.4, 0.5) is 27.6 Å². The smallest absolute Gasteiger partial charge is 0.325 e. The lowest BCUT2D eigenvalue weighted by Crippen LogP contribution is -2.16. The van der Waals surface area contributed by atoms with Crippen molar-refractivity contribution in [1.82, 2.24) is 9.97 Å². The molecule has 0 aliphatic carbocycles. The number of sulfone groups is 1. The lowest BCUT2D eigenvalue weighted by molar-refractivity contribution is -0.145. The van der Waals surface area contributed by atoms with Crippen LogP contribution >= 0.6 is 11.8 Å². The molecule has 164 valence electrons. The molecule has 31 heavy (non-hydrogen) atoms. The SMILES string of the molecule is O=C(CSc1nc(C(F)(F)F)nc2ccccc12)Nc1ccc(S(=O)(=O)C(F)F)cc1. The molecule has 3 rings (SSSR count). The number of nitrogens with one attached hydrogen (secondary N) is 1. The third kappa shape index (κ3) is 5.28. The van der Waals surface area contributed by atoms with Gasteiger partial charge in [0.25, 0.3) is 0 Å². The topological polar surface area (TPSA) is 89.0 Å². The first kappa shape index (κ1) is 22.9. The van der Waals surface area contributed by atoms with Crippen molar-refractivity contribution in [2.45, 2.75) is 21.9 Å². The van der Waals surface area contributed by atoms with E-state index in [0.29, 0.717) is 5.39 Å². The quantitative estimate of drug-likeness (QED) is 0.322. The molecule has 1 aromatic heterocycles. The number of fused-ring (bicyclic) bond motifs is 1. The molecule has 2 aromatic carbocycles. The first-order valence-corrected chi connectivity index (χ1v) is 10.9. The zero-order valence-electron chi connectivity index (χ0n) is 15.2. The number of anilines is 1. The Morgan fingerprint density at radius 1 is 1.03 bits per heavy atom. The summed E-state index contributed by atoms with van der Waals surface area (Å²) in [6, 6.07) is 10.1. The van der Waals surface area contributed by atoms with Gasteiger partial charge in [0, 0.05) is 11.1 Å². The normalized spacial score (nSPS) is 12.3. The van der Waals surface area contributed by atoms with Crippen LogP contribution in [0.25, 0.3) is 10.9 Å². The molecule has 0 bridgehead atoms. The number of amides is 1. The second-order valence-electron chi connectivity index (χ2n) is 6.03. The fraction of sp³-hybridized carbons (Fsp3) is 0.167. The summed E-state index contributed by atoms with van der Waals surface area (Å²) in [7, 11) is -4.76. The van der Waals surface area contributed by atoms with Crippen LogP contribution in [0.15, 0.2) is 58.5 Å². The Morgan fingerprint density at radius 2 is 1.68 bits per heavy atom. The largest absolute Gasteiger partial charge is 0.451 e. The van der Waals surface area contributed by atoms with Crippen LogP contribution in [0.5, 0.6) is 0 Å². The number of thioether (sulfide) groups is 1. The molecule has 6 nitrogen and oxygen atoms in total. The number of para-hydroxylation sites is 1. The Hall–Kier alpha value is -2.80. The summed E-state index contributed by atoms with van der Waals surface area (Å²) in [4.78, 5) is 18.6. The van der Waals surface area contributed by atoms with Crippen LogP contribution in [0.3, 0.4) is 0 Å². The van der Waals surface area contributed by atoms with E-state index in [0.717, 1.165) is 36.0 Å². The summed E-state index contributed by atoms with van der Waals surface area (Å²) >= 11 is 0.761. The average molecular weight is 477 g/mol. The fourth-order valence-electron chi connectivity index (χ4n) is 2.45. The number of hydrogen-bond acceptors (Lipinski definition) is 6. The molecule has 0 unspecified atom stereocenters. The van der Waals surface area contributed by atoms with Crippen molar-refractivity contribution in [2.75, 3.05) is 11.1 Å². The van der Waals surface area contributed by atoms with Crippen molar-refractivity contribution >= 4 is 44.1 Å². The van der Waals surface area contributed by atoms with Crippen LogP contribution in [-0.2, 0) is 20.8 Å². The van der Waals surface area contributed by atoms with Gasteiger partial charge in [-0.05, 0) is 30.3 Å². The second-order valence-corrected chi connectivity index (χ2v) is 8.92. The number of hydrogen-bond donors (Lipinski definition) is 1. The maximum atomic E-state index is 13.0. The number of nitrogens with zero attached hydrogens (tertiary/aromatic N) is 2. The molecule has 0 aliphatic heterocycles. The number of alkyl halides is 5. The molecule has 0 fully saturated rings. The van der Waals surface area contributed by atoms with Gasteiger partial charge in [-0.3, -0.25) is 4.79 Å². The zero-order valence-corrected chi connectivity index (χ0v) is 16.9. The van der Waals surface area contributed by atoms with E-state index >= 15 is 0 Å². The molecule has 0 atom stereocenters. The van der Waals surface area contributed by atoms with Gasteiger partial charge in [-0.15, -0.1) is 0 Å². The summed E-state index contributed by atoms with van der Waals surface area (Å²) < 4.78 is 87.0. The standard InChI is InChI=1S/C18H12F5N3O3S2/c19-17(20)31(28,29)11-7-5-10(6-8-11)24-14(27)9-30-15-12-3-1-2-4-13(12)25-16(26-15)18(21,22)23/h1-8,17H,9H2,(H,24,27). The van der Waals surface area contributed by atoms with E-state index in [9.17, 15) is 35.2 Å². The summed E-state index contributed by atoms with van der Waals surface area (Å²) in [6.07, 6.45) is -4.76. The minimum atomic E-state index is -4.76. The molecule has 0 spiro atoms. The second kappa shape index (κ2) is 8.75. The summed E-state index contributed by atoms with van der Waals surface area (Å²) in [5.74, 6) is -5.83. The highest BCUT2D eigenvalue weighted by atomic mass is 32.2. The van der Waals surface area contributed by atoms with Gasteiger partial charge in [-0.25, -0.2) is 18.4 Å². The molecular formula is C18H12F5N3O3S2. The van der Waals surface area contributed by atoms with Crippen molar-refractivity contribution in [2.24, 2.45) is 0 Å². The molecule has 1 amide bonds. The van der Waals surface area contributed by atoms with Crippen LogP contribution in [0.2, 0.25) is 0 Å². The number of aromatic nitrogens is 2. The highest BCUT2D eigenvalue weighted by Crippen LogP contribution is 2.32. The van der Waals surface area contributed by atoms with Crippen molar-refractivity contribution in [1.29, 1.82) is 0 Å². The minimum absolute atomic E-state index is 0.0357. The molecule has 3 aromatic rings. The fourth-order valence-corrected chi connectivity index (χ4v) is 3.99. The lowest BCUT2D eigenvalue weighted by atomic mass is 10.2. The van der Waals surface area contributed by atoms with Gasteiger partial charge in [-0.2, -0.15) is 22.0 Å². The van der Waals surface area contributed by atoms with Crippen molar-refractivity contribution in [3.05, 3.63) is 54.4 Å². The van der Waals surface area contributed by atoms with E-state index in [1.54, 1.807) is 6.07 Å². The van der Waals surface area contributed by atoms with E-state index in [-0.39, 0.29) is 22.0 Å². The Labute approximate surface area is 176 Å². The molecule has 0 radical (unpaired) electrons. The van der Waals surface area contributed by atoms with Crippen LogP contribution in [0.1, 0.15) is 5.82 Å². The number of carbonyl (C=O) groups excluding carboxylic acids is 1. The van der Waals surface area contributed by atoms with Gasteiger partial charge in [0.1, 0.15) is 5.03 Å². The Balaban J connectivity index is 1.73. The van der Waals surface area contributed by atoms with E-state index in [1.165, 1.54) is 18.2 Å². The summed E-state index contributed by atoms with van der Waals surface area (Å²) in [5.41, 5.74) is 0.200. The molecular weight excluding hydrogens is 465 g/mol. The van der Waals surface area contributed by atoms with E-state index < -0.39 is 38.4 Å². The van der Waals surface area contributed by atoms with Gasteiger partial charge in [0.2, 0.25) is 21.6 Å². The highest BCUT2D eigenvalue weighted by Gasteiger charge is 2.35. The number of benzene rings is 2. The van der Waals surface area contributed by atoms with Crippen molar-refractivity contribution in [3.63, 3.8) is 0 Å². The number of carbonyl (C=O) groups is 1. The van der Waals surface area contributed by atoms with E-state index in [2.05, 4.69) is 15.3 Å². The minimum Gasteiger partial charge on any atom is -0.325 e. The maximum Gasteiger partial charge on any atom is 0.451 e. The summed E-state index contributed by atoms with van der Waals surface area (Å²) in [5, 5.41) is 2.71. The van der Waals surface area contributed by atoms with Gasteiger partial charge in [0.05, 0.1) is 16.2 Å². The number of rotatable bonds is 6. The molecule has 1 N–H and O–H groups in total. The van der Waals surface area contributed by atoms with Crippen LogP contribution in [0, 0.1) is 0 Å². The lowest BCUT2D eigenvalue weighted by Gasteiger charge is -2.10. The number of halogens is 5. The highest BCUT2D eigenvalue weighted by molar-refractivity contribution is 8.00. The van der Waals surface area contributed by atoms with E-state index in [4.69, 9.17) is 0 Å². The molecule has 0 saturated heterocycles. The maximum absolute atomic E-state index is 13.0. The van der Waals surface area contributed by atoms with Gasteiger partial charge >= 0.3 is 11.9 Å². The molecule has 13 heteroatoms. The van der Waals surface area contributed by atoms with E-state index in [1.807, 2.05) is 0 Å². The molecule has 0 saturated carbocycles. The Kier molecular flexibility index (Phi) is 6.46. The third-order valence-electron chi connectivity index (χ3n) is 3.86. The predicted molar refractivity (Wildman–Crippen MR) is 104 cm³/mol. The van der Waals surface area contributed by atoms with Gasteiger partial charge in [0.15, 0.2) is 0 Å². The Morgan fingerprint density at radius 3 is 2.29 bits per heavy atom. The van der Waals surface area contributed by atoms with Gasteiger partial charge < -0.3 is 5.32 Å². The van der Waals surface area contributed by atoms with Crippen LogP contribution in [-0.4, -0.2) is 35.8 Å². The van der Waals surface area contributed by atoms with Crippen LogP contribution < -0.4 is 5.32 Å². The Bertz CT molecular complexity index is 1220. The van der Waals surface area contributed by atoms with Gasteiger partial charge in [-0.1, -0.05) is 30.0 Å². The first-order valence-electron chi connectivity index (χ1n) is 8.37. The zero-order chi connectivity index (χ0) is 22.8. The first-order chi connectivity index (χ1) is 14.5. The predicted octanol–water partition coefficient (Wildman–Crippen LogP) is 4.38. The monoisotopic (exact) mass is 477 g/mol. The third-order valence-corrected chi connectivity index (χ3v) is 6.25.